The first-order valence-corrected chi connectivity index (χ1v) is 9.41. The van der Waals surface area contributed by atoms with E-state index in [2.05, 4.69) is 33.5 Å². The molecule has 26 heavy (non-hydrogen) atoms. The number of imidazole rings is 1. The second-order valence-electron chi connectivity index (χ2n) is 6.10. The molecule has 0 aliphatic heterocycles. The molecule has 0 amide bonds. The second kappa shape index (κ2) is 8.92. The number of ether oxygens (including phenoxy) is 1. The third kappa shape index (κ3) is 4.11. The van der Waals surface area contributed by atoms with E-state index in [-0.39, 0.29) is 0 Å². The Morgan fingerprint density at radius 3 is 2.35 bits per heavy atom. The SMILES string of the molecule is CCNCCn1c(=N)n(CCCOc2ccccc2Cl)c2ccccc21. The molecular weight excluding hydrogens is 348 g/mol. The standard InChI is InChI=1S/C20H25ClN4O/c1-2-23-12-14-25-18-10-5-4-9-17(18)24(20(25)22)13-7-15-26-19-11-6-3-8-16(19)21/h3-6,8-11,22-23H,2,7,12-15H2,1H3. The number of para-hydroxylation sites is 3. The van der Waals surface area contributed by atoms with Gasteiger partial charge in [-0.25, -0.2) is 0 Å². The largest absolute Gasteiger partial charge is 0.492 e. The highest BCUT2D eigenvalue weighted by atomic mass is 35.5. The molecule has 0 aliphatic rings. The van der Waals surface area contributed by atoms with Gasteiger partial charge in [-0.1, -0.05) is 42.8 Å². The van der Waals surface area contributed by atoms with E-state index in [1.54, 1.807) is 0 Å². The van der Waals surface area contributed by atoms with Gasteiger partial charge in [-0.05, 0) is 37.2 Å². The first kappa shape index (κ1) is 18.5. The summed E-state index contributed by atoms with van der Waals surface area (Å²) >= 11 is 6.12. The summed E-state index contributed by atoms with van der Waals surface area (Å²) in [5.74, 6) is 0.707. The molecule has 2 N–H and O–H groups in total. The molecule has 1 aromatic heterocycles. The van der Waals surface area contributed by atoms with E-state index in [0.29, 0.717) is 23.0 Å². The summed E-state index contributed by atoms with van der Waals surface area (Å²) < 4.78 is 9.89. The van der Waals surface area contributed by atoms with E-state index in [0.717, 1.165) is 43.6 Å². The van der Waals surface area contributed by atoms with Crippen LogP contribution in [0.15, 0.2) is 48.5 Å². The molecule has 3 rings (SSSR count). The molecular formula is C20H25ClN4O. The molecule has 6 heteroatoms. The van der Waals surface area contributed by atoms with Gasteiger partial charge in [0, 0.05) is 19.6 Å². The number of aryl methyl sites for hydroxylation is 1. The average molecular weight is 373 g/mol. The summed E-state index contributed by atoms with van der Waals surface area (Å²) in [6.07, 6.45) is 0.809. The summed E-state index contributed by atoms with van der Waals surface area (Å²) in [5.41, 5.74) is 2.72. The molecule has 0 fully saturated rings. The summed E-state index contributed by atoms with van der Waals surface area (Å²) in [4.78, 5) is 0. The van der Waals surface area contributed by atoms with Crippen molar-refractivity contribution in [3.8, 4) is 5.75 Å². The number of fused-ring (bicyclic) bond motifs is 1. The Morgan fingerprint density at radius 1 is 1.00 bits per heavy atom. The van der Waals surface area contributed by atoms with Crippen LogP contribution < -0.4 is 15.7 Å². The Hall–Kier alpha value is -2.24. The van der Waals surface area contributed by atoms with Crippen LogP contribution in [0.5, 0.6) is 5.75 Å². The second-order valence-corrected chi connectivity index (χ2v) is 6.51. The number of halogens is 1. The fourth-order valence-corrected chi connectivity index (χ4v) is 3.27. The average Bonchev–Trinajstić information content (AvgIpc) is 2.92. The molecule has 0 saturated carbocycles. The van der Waals surface area contributed by atoms with Gasteiger partial charge in [0.05, 0.1) is 22.7 Å². The van der Waals surface area contributed by atoms with Crippen molar-refractivity contribution in [3.63, 3.8) is 0 Å². The minimum Gasteiger partial charge on any atom is -0.492 e. The number of hydrogen-bond acceptors (Lipinski definition) is 3. The van der Waals surface area contributed by atoms with Crippen molar-refractivity contribution in [2.45, 2.75) is 26.4 Å². The lowest BCUT2D eigenvalue weighted by molar-refractivity contribution is 0.301. The third-order valence-electron chi connectivity index (χ3n) is 4.36. The van der Waals surface area contributed by atoms with Crippen molar-refractivity contribution in [1.29, 1.82) is 5.41 Å². The number of hydrogen-bond donors (Lipinski definition) is 2. The zero-order valence-corrected chi connectivity index (χ0v) is 15.8. The van der Waals surface area contributed by atoms with Crippen LogP contribution in [0.4, 0.5) is 0 Å². The van der Waals surface area contributed by atoms with Crippen molar-refractivity contribution in [1.82, 2.24) is 14.5 Å². The van der Waals surface area contributed by atoms with Gasteiger partial charge in [-0.2, -0.15) is 0 Å². The highest BCUT2D eigenvalue weighted by Gasteiger charge is 2.10. The van der Waals surface area contributed by atoms with Gasteiger partial charge in [0.15, 0.2) is 0 Å². The molecule has 0 saturated heterocycles. The Labute approximate surface area is 158 Å². The van der Waals surface area contributed by atoms with Crippen molar-refractivity contribution < 1.29 is 4.74 Å². The van der Waals surface area contributed by atoms with Crippen LogP contribution in [-0.4, -0.2) is 28.8 Å². The molecule has 0 atom stereocenters. The zero-order valence-electron chi connectivity index (χ0n) is 15.0. The van der Waals surface area contributed by atoms with Gasteiger partial charge >= 0.3 is 0 Å². The number of benzene rings is 2. The lowest BCUT2D eigenvalue weighted by atomic mass is 10.3. The van der Waals surface area contributed by atoms with Crippen LogP contribution in [0.2, 0.25) is 5.02 Å². The number of nitrogens with one attached hydrogen (secondary N) is 2. The summed E-state index contributed by atoms with van der Waals surface area (Å²) in [5, 5.41) is 12.5. The predicted octanol–water partition coefficient (Wildman–Crippen LogP) is 3.65. The molecule has 0 spiro atoms. The first-order chi connectivity index (χ1) is 12.7. The zero-order chi connectivity index (χ0) is 18.4. The maximum Gasteiger partial charge on any atom is 0.203 e. The molecule has 0 bridgehead atoms. The van der Waals surface area contributed by atoms with Crippen LogP contribution >= 0.6 is 11.6 Å². The number of likely N-dealkylation sites (N-methyl/N-ethyl adjacent to an activating group) is 1. The number of nitrogens with zero attached hydrogens (tertiary/aromatic N) is 2. The smallest absolute Gasteiger partial charge is 0.203 e. The Kier molecular flexibility index (Phi) is 6.36. The van der Waals surface area contributed by atoms with E-state index >= 15 is 0 Å². The van der Waals surface area contributed by atoms with E-state index in [1.165, 1.54) is 0 Å². The van der Waals surface area contributed by atoms with Crippen molar-refractivity contribution in [3.05, 3.63) is 59.2 Å². The molecule has 138 valence electrons. The van der Waals surface area contributed by atoms with Gasteiger partial charge in [0.25, 0.3) is 0 Å². The topological polar surface area (TPSA) is 55.0 Å². The summed E-state index contributed by atoms with van der Waals surface area (Å²) in [6.45, 7) is 5.97. The van der Waals surface area contributed by atoms with Crippen LogP contribution in [0.3, 0.4) is 0 Å². The van der Waals surface area contributed by atoms with E-state index in [9.17, 15) is 0 Å². The monoisotopic (exact) mass is 372 g/mol. The molecule has 5 nitrogen and oxygen atoms in total. The quantitative estimate of drug-likeness (QED) is 0.563. The maximum absolute atomic E-state index is 8.58. The van der Waals surface area contributed by atoms with E-state index in [1.807, 2.05) is 36.4 Å². The third-order valence-corrected chi connectivity index (χ3v) is 4.67. The first-order valence-electron chi connectivity index (χ1n) is 9.03. The highest BCUT2D eigenvalue weighted by Crippen LogP contribution is 2.23. The van der Waals surface area contributed by atoms with Crippen LogP contribution in [0.1, 0.15) is 13.3 Å². The van der Waals surface area contributed by atoms with E-state index < -0.39 is 0 Å². The van der Waals surface area contributed by atoms with E-state index in [4.69, 9.17) is 21.7 Å². The Morgan fingerprint density at radius 2 is 1.65 bits per heavy atom. The minimum atomic E-state index is 0.529. The van der Waals surface area contributed by atoms with Crippen LogP contribution in [0.25, 0.3) is 11.0 Å². The lowest BCUT2D eigenvalue weighted by Gasteiger charge is -2.09. The van der Waals surface area contributed by atoms with Gasteiger partial charge in [0.2, 0.25) is 5.62 Å². The van der Waals surface area contributed by atoms with Crippen molar-refractivity contribution >= 4 is 22.6 Å². The predicted molar refractivity (Wildman–Crippen MR) is 106 cm³/mol. The van der Waals surface area contributed by atoms with Crippen molar-refractivity contribution in [2.75, 3.05) is 19.7 Å². The minimum absolute atomic E-state index is 0.529. The van der Waals surface area contributed by atoms with Crippen molar-refractivity contribution in [2.24, 2.45) is 0 Å². The molecule has 0 unspecified atom stereocenters. The van der Waals surface area contributed by atoms with Gasteiger partial charge in [-0.15, -0.1) is 0 Å². The van der Waals surface area contributed by atoms with Gasteiger partial charge in [-0.3, -0.25) is 5.41 Å². The fourth-order valence-electron chi connectivity index (χ4n) is 3.08. The Balaban J connectivity index is 1.70. The number of aromatic nitrogens is 2. The van der Waals surface area contributed by atoms with Gasteiger partial charge in [0.1, 0.15) is 5.75 Å². The molecule has 0 aliphatic carbocycles. The molecule has 2 aromatic carbocycles. The normalized spacial score (nSPS) is 11.2. The maximum atomic E-state index is 8.58. The number of rotatable bonds is 9. The molecule has 0 radical (unpaired) electrons. The highest BCUT2D eigenvalue weighted by molar-refractivity contribution is 6.32. The molecule has 1 heterocycles. The van der Waals surface area contributed by atoms with Crippen LogP contribution in [0, 0.1) is 5.41 Å². The lowest BCUT2D eigenvalue weighted by Crippen LogP contribution is -2.29. The van der Waals surface area contributed by atoms with Gasteiger partial charge < -0.3 is 19.2 Å². The summed E-state index contributed by atoms with van der Waals surface area (Å²) in [7, 11) is 0. The molecule has 3 aromatic rings. The fraction of sp³-hybridized carbons (Fsp3) is 0.350. The van der Waals surface area contributed by atoms with Crippen LogP contribution in [-0.2, 0) is 13.1 Å². The summed E-state index contributed by atoms with van der Waals surface area (Å²) in [6, 6.07) is 15.7. The Bertz CT molecular complexity index is 916.